The Hall–Kier alpha value is -4.93. The van der Waals surface area contributed by atoms with E-state index in [4.69, 9.17) is 14.4 Å². The third-order valence-electron chi connectivity index (χ3n) is 10.5. The van der Waals surface area contributed by atoms with Gasteiger partial charge in [0.1, 0.15) is 16.6 Å². The number of nitrogens with zero attached hydrogens (tertiary/aromatic N) is 6. The van der Waals surface area contributed by atoms with Crippen LogP contribution in [0.15, 0.2) is 52.9 Å². The number of hydrogen-bond donors (Lipinski definition) is 2. The smallest absolute Gasteiger partial charge is 0.307 e. The summed E-state index contributed by atoms with van der Waals surface area (Å²) in [6.45, 7) is 8.60. The van der Waals surface area contributed by atoms with Crippen molar-refractivity contribution in [3.05, 3.63) is 81.4 Å². The maximum Gasteiger partial charge on any atom is 0.307 e. The van der Waals surface area contributed by atoms with Gasteiger partial charge in [-0.05, 0) is 79.3 Å². The van der Waals surface area contributed by atoms with Crippen LogP contribution in [0.25, 0.3) is 44.3 Å². The molecule has 0 saturated carbocycles. The second-order valence-electron chi connectivity index (χ2n) is 14.0. The third kappa shape index (κ3) is 6.31. The van der Waals surface area contributed by atoms with Gasteiger partial charge >= 0.3 is 5.97 Å². The summed E-state index contributed by atoms with van der Waals surface area (Å²) in [4.78, 5) is 41.4. The minimum Gasteiger partial charge on any atom is -0.481 e. The van der Waals surface area contributed by atoms with Crippen LogP contribution in [0.3, 0.4) is 0 Å². The molecule has 5 aromatic rings. The molecule has 2 atom stereocenters. The summed E-state index contributed by atoms with van der Waals surface area (Å²) in [5, 5.41) is 30.2. The first-order valence-corrected chi connectivity index (χ1v) is 18.1. The first-order valence-electron chi connectivity index (χ1n) is 17.3. The summed E-state index contributed by atoms with van der Waals surface area (Å²) in [6.07, 6.45) is 0.992. The van der Waals surface area contributed by atoms with Crippen molar-refractivity contribution in [2.24, 2.45) is 5.92 Å². The van der Waals surface area contributed by atoms with Crippen LogP contribution in [0.5, 0.6) is 0 Å². The summed E-state index contributed by atoms with van der Waals surface area (Å²) in [7, 11) is 0. The third-order valence-corrected chi connectivity index (χ3v) is 11.6. The summed E-state index contributed by atoms with van der Waals surface area (Å²) in [5.41, 5.74) is 9.42. The lowest BCUT2D eigenvalue weighted by Crippen LogP contribution is -2.37. The number of hydrogen-bond acceptors (Lipinski definition) is 10. The van der Waals surface area contributed by atoms with E-state index in [-0.39, 0.29) is 17.9 Å². The molecular formula is C39H38N6O5S. The Balaban J connectivity index is 1.04. The predicted molar refractivity (Wildman–Crippen MR) is 193 cm³/mol. The van der Waals surface area contributed by atoms with Gasteiger partial charge in [0.15, 0.2) is 5.58 Å². The van der Waals surface area contributed by atoms with Crippen molar-refractivity contribution in [1.29, 1.82) is 5.26 Å². The summed E-state index contributed by atoms with van der Waals surface area (Å²) in [6, 6.07) is 18.3. The molecule has 51 heavy (non-hydrogen) atoms. The maximum absolute atomic E-state index is 13.0. The van der Waals surface area contributed by atoms with E-state index in [0.717, 1.165) is 61.1 Å². The van der Waals surface area contributed by atoms with Crippen molar-refractivity contribution in [3.63, 3.8) is 0 Å². The lowest BCUT2D eigenvalue weighted by atomic mass is 9.91. The van der Waals surface area contributed by atoms with Gasteiger partial charge in [-0.15, -0.1) is 11.3 Å². The summed E-state index contributed by atoms with van der Waals surface area (Å²) < 4.78 is 6.27. The molecule has 2 N–H and O–H groups in total. The zero-order valence-electron chi connectivity index (χ0n) is 28.6. The van der Waals surface area contributed by atoms with Crippen LogP contribution in [0.2, 0.25) is 0 Å². The Morgan fingerprint density at radius 2 is 1.69 bits per heavy atom. The average molecular weight is 703 g/mol. The van der Waals surface area contributed by atoms with Crippen LogP contribution in [0.4, 0.5) is 0 Å². The molecule has 1 unspecified atom stereocenters. The van der Waals surface area contributed by atoms with E-state index in [9.17, 15) is 25.1 Å². The number of carbonyl (C=O) groups excluding carboxylic acids is 1. The number of likely N-dealkylation sites (tertiary alicyclic amines) is 2. The fraction of sp³-hybridized carbons (Fsp3) is 0.359. The number of rotatable bonds is 8. The van der Waals surface area contributed by atoms with E-state index in [1.807, 2.05) is 34.1 Å². The van der Waals surface area contributed by atoms with E-state index in [0.29, 0.717) is 81.2 Å². The molecule has 11 nitrogen and oxygen atoms in total. The Labute approximate surface area is 299 Å². The minimum absolute atomic E-state index is 0.0744. The van der Waals surface area contributed by atoms with Crippen molar-refractivity contribution in [2.45, 2.75) is 52.4 Å². The zero-order valence-corrected chi connectivity index (χ0v) is 29.4. The van der Waals surface area contributed by atoms with Gasteiger partial charge in [-0.25, -0.2) is 9.97 Å². The van der Waals surface area contributed by atoms with Crippen LogP contribution in [-0.2, 0) is 29.2 Å². The number of fused-ring (bicyclic) bond motifs is 2. The van der Waals surface area contributed by atoms with Crippen LogP contribution in [-0.4, -0.2) is 85.6 Å². The van der Waals surface area contributed by atoms with E-state index < -0.39 is 5.97 Å². The molecule has 3 aliphatic heterocycles. The second kappa shape index (κ2) is 13.3. The molecule has 0 radical (unpaired) electrons. The largest absolute Gasteiger partial charge is 0.481 e. The number of carboxylic acids is 1. The predicted octanol–water partition coefficient (Wildman–Crippen LogP) is 5.59. The first-order chi connectivity index (χ1) is 24.6. The van der Waals surface area contributed by atoms with Gasteiger partial charge in [-0.1, -0.05) is 30.3 Å². The summed E-state index contributed by atoms with van der Waals surface area (Å²) in [5.74, 6) is -0.620. The molecular weight excluding hydrogens is 665 g/mol. The molecule has 3 aliphatic rings. The maximum atomic E-state index is 13.0. The molecule has 8 rings (SSSR count). The van der Waals surface area contributed by atoms with Crippen molar-refractivity contribution < 1.29 is 24.2 Å². The van der Waals surface area contributed by atoms with Gasteiger partial charge in [0, 0.05) is 42.2 Å². The van der Waals surface area contributed by atoms with E-state index in [2.05, 4.69) is 49.1 Å². The van der Waals surface area contributed by atoms with Crippen molar-refractivity contribution in [1.82, 2.24) is 24.7 Å². The van der Waals surface area contributed by atoms with Crippen LogP contribution >= 0.6 is 11.3 Å². The number of carbonyl (C=O) groups is 2. The number of aliphatic hydroxyl groups is 1. The van der Waals surface area contributed by atoms with Gasteiger partial charge in [-0.2, -0.15) is 5.26 Å². The molecule has 0 bridgehead atoms. The second-order valence-corrected chi connectivity index (χ2v) is 15.0. The standard InChI is InChI=1S/C39H38N6O5S/c1-22-28(5-3-7-30(22)37-41-32-14-24(13-26(15-40)36(32)50-37)16-43-11-9-25(17-43)39(48)49)29-6-4-8-31(23(29)2)38-42-33-19-45(20-34(33)51-38)35(47)21-44-12-10-27(46)18-44/h3-8,13-14,25,27,46H,9-12,16-21H2,1-2H3,(H,48,49)/t25-,27?/m1/s1. The number of β-amino-alcohol motifs (C(OH)–C–C–N with tert-alkyl or cyclic N) is 1. The molecule has 2 aromatic heterocycles. The number of nitriles is 1. The fourth-order valence-corrected chi connectivity index (χ4v) is 8.88. The molecule has 0 spiro atoms. The van der Waals surface area contributed by atoms with Gasteiger partial charge in [0.2, 0.25) is 11.8 Å². The first kappa shape index (κ1) is 33.2. The quantitative estimate of drug-likeness (QED) is 0.210. The minimum atomic E-state index is -0.768. The van der Waals surface area contributed by atoms with Gasteiger partial charge < -0.3 is 19.5 Å². The van der Waals surface area contributed by atoms with E-state index in [1.165, 1.54) is 0 Å². The number of oxazole rings is 1. The average Bonchev–Trinajstić information content (AvgIpc) is 3.94. The fourth-order valence-electron chi connectivity index (χ4n) is 7.71. The van der Waals surface area contributed by atoms with Crippen molar-refractivity contribution in [3.8, 4) is 39.2 Å². The highest BCUT2D eigenvalue weighted by Gasteiger charge is 2.31. The summed E-state index contributed by atoms with van der Waals surface area (Å²) >= 11 is 1.64. The van der Waals surface area contributed by atoms with Gasteiger partial charge in [0.05, 0.1) is 42.9 Å². The number of amides is 1. The number of carboxylic acid groups (broad SMARTS) is 1. The zero-order chi connectivity index (χ0) is 35.4. The van der Waals surface area contributed by atoms with E-state index >= 15 is 0 Å². The van der Waals surface area contributed by atoms with Gasteiger partial charge in [-0.3, -0.25) is 19.4 Å². The number of thiazole rings is 1. The van der Waals surface area contributed by atoms with Crippen LogP contribution in [0, 0.1) is 31.1 Å². The molecule has 3 aromatic carbocycles. The number of aliphatic hydroxyl groups excluding tert-OH is 1. The molecule has 0 aliphatic carbocycles. The molecule has 260 valence electrons. The highest BCUT2D eigenvalue weighted by atomic mass is 32.1. The van der Waals surface area contributed by atoms with Crippen molar-refractivity contribution >= 4 is 34.3 Å². The molecule has 12 heteroatoms. The Morgan fingerprint density at radius 1 is 0.961 bits per heavy atom. The van der Waals surface area contributed by atoms with Crippen molar-refractivity contribution in [2.75, 3.05) is 32.7 Å². The Morgan fingerprint density at radius 3 is 2.37 bits per heavy atom. The molecule has 2 fully saturated rings. The lowest BCUT2D eigenvalue weighted by molar-refractivity contribution is -0.141. The topological polar surface area (TPSA) is 147 Å². The van der Waals surface area contributed by atoms with E-state index in [1.54, 1.807) is 11.3 Å². The number of aromatic nitrogens is 2. The molecule has 2 saturated heterocycles. The normalized spacial score (nSPS) is 19.2. The Bertz CT molecular complexity index is 2210. The molecule has 1 amide bonds. The number of benzene rings is 3. The van der Waals surface area contributed by atoms with Crippen LogP contribution < -0.4 is 0 Å². The highest BCUT2D eigenvalue weighted by Crippen LogP contribution is 2.40. The molecule has 5 heterocycles. The Kier molecular flexibility index (Phi) is 8.68. The lowest BCUT2D eigenvalue weighted by Gasteiger charge is -2.20. The SMILES string of the molecule is Cc1c(-c2nc3cc(CN4CC[C@@H](C(=O)O)C4)cc(C#N)c3o2)cccc1-c1cccc(-c2nc3c(s2)CN(C(=O)CN2CCC(O)C2)C3)c1C. The highest BCUT2D eigenvalue weighted by molar-refractivity contribution is 7.15. The monoisotopic (exact) mass is 702 g/mol. The van der Waals surface area contributed by atoms with Crippen LogP contribution in [0.1, 0.15) is 45.7 Å². The van der Waals surface area contributed by atoms with Gasteiger partial charge in [0.25, 0.3) is 0 Å². The number of aliphatic carboxylic acids is 1.